The van der Waals surface area contributed by atoms with E-state index in [2.05, 4.69) is 23.9 Å². The van der Waals surface area contributed by atoms with Crippen LogP contribution in [0.3, 0.4) is 0 Å². The first-order valence-corrected chi connectivity index (χ1v) is 9.23. The van der Waals surface area contributed by atoms with E-state index in [0.29, 0.717) is 22.3 Å². The molecule has 0 bridgehead atoms. The number of hydrogen-bond acceptors (Lipinski definition) is 8. The van der Waals surface area contributed by atoms with Crippen LogP contribution in [0.5, 0.6) is 0 Å². The van der Waals surface area contributed by atoms with Gasteiger partial charge in [-0.3, -0.25) is 0 Å². The lowest BCUT2D eigenvalue weighted by molar-refractivity contribution is 0.553. The Bertz CT molecular complexity index is 837. The second kappa shape index (κ2) is 7.11. The average Bonchev–Trinajstić information content (AvgIpc) is 2.91. The van der Waals surface area contributed by atoms with Crippen molar-refractivity contribution in [2.24, 2.45) is 14.6 Å². The van der Waals surface area contributed by atoms with E-state index in [1.807, 2.05) is 25.1 Å². The molecule has 2 aromatic rings. The van der Waals surface area contributed by atoms with Gasteiger partial charge in [0.15, 0.2) is 10.0 Å². The van der Waals surface area contributed by atoms with Crippen molar-refractivity contribution in [1.29, 1.82) is 0 Å². The van der Waals surface area contributed by atoms with E-state index in [1.54, 1.807) is 26.0 Å². The molecule has 0 saturated carbocycles. The molecule has 0 aliphatic carbocycles. The SMILES string of the molecule is CCS(=O)(O)=Nc1cc(N(C)C)ccc1N=Nc1nc(C)ns1. The monoisotopic (exact) mass is 354 g/mol. The van der Waals surface area contributed by atoms with E-state index >= 15 is 0 Å². The lowest BCUT2D eigenvalue weighted by Crippen LogP contribution is -2.08. The summed E-state index contributed by atoms with van der Waals surface area (Å²) in [6.45, 7) is 3.37. The largest absolute Gasteiger partial charge is 0.378 e. The molecule has 10 heteroatoms. The lowest BCUT2D eigenvalue weighted by atomic mass is 10.2. The van der Waals surface area contributed by atoms with E-state index in [4.69, 9.17) is 0 Å². The number of rotatable bonds is 5. The molecule has 1 aromatic carbocycles. The van der Waals surface area contributed by atoms with Gasteiger partial charge in [-0.15, -0.1) is 10.2 Å². The Hall–Kier alpha value is -1.91. The maximum absolute atomic E-state index is 11.9. The topological polar surface area (TPSA) is 103 Å². The average molecular weight is 354 g/mol. The standard InChI is InChI=1S/C13H18N6O2S2/c1-5-23(20,21)18-12-8-10(19(3)4)6-7-11(12)15-16-13-14-9(2)17-22-13/h6-8H,5H2,1-4H3,(H,18,20,21). The van der Waals surface area contributed by atoms with Gasteiger partial charge in [0.1, 0.15) is 17.2 Å². The highest BCUT2D eigenvalue weighted by Crippen LogP contribution is 2.34. The minimum atomic E-state index is -3.29. The Morgan fingerprint density at radius 3 is 2.61 bits per heavy atom. The van der Waals surface area contributed by atoms with E-state index in [1.165, 1.54) is 0 Å². The minimum absolute atomic E-state index is 0.0331. The fraction of sp³-hybridized carbons (Fsp3) is 0.385. The van der Waals surface area contributed by atoms with Gasteiger partial charge in [0.2, 0.25) is 5.13 Å². The van der Waals surface area contributed by atoms with Crippen LogP contribution in [0.2, 0.25) is 0 Å². The molecule has 1 atom stereocenters. The van der Waals surface area contributed by atoms with Gasteiger partial charge in [0, 0.05) is 31.3 Å². The molecular formula is C13H18N6O2S2. The summed E-state index contributed by atoms with van der Waals surface area (Å²) in [5.41, 5.74) is 1.56. The zero-order chi connectivity index (χ0) is 17.0. The number of azo groups is 1. The third-order valence-electron chi connectivity index (χ3n) is 2.85. The molecule has 0 saturated heterocycles. The highest BCUT2D eigenvalue weighted by molar-refractivity contribution is 7.88. The van der Waals surface area contributed by atoms with Crippen LogP contribution in [0.15, 0.2) is 32.8 Å². The summed E-state index contributed by atoms with van der Waals surface area (Å²) in [5.74, 6) is 0.659. The van der Waals surface area contributed by atoms with Crippen LogP contribution in [-0.4, -0.2) is 38.0 Å². The number of hydrogen-bond donors (Lipinski definition) is 1. The molecule has 0 spiro atoms. The zero-order valence-electron chi connectivity index (χ0n) is 13.3. The molecule has 1 unspecified atom stereocenters. The van der Waals surface area contributed by atoms with Crippen molar-refractivity contribution < 1.29 is 8.76 Å². The van der Waals surface area contributed by atoms with Crippen LogP contribution in [0, 0.1) is 6.92 Å². The Labute approximate surface area is 139 Å². The number of benzene rings is 1. The molecule has 2 rings (SSSR count). The Morgan fingerprint density at radius 2 is 2.04 bits per heavy atom. The summed E-state index contributed by atoms with van der Waals surface area (Å²) in [7, 11) is 0.464. The minimum Gasteiger partial charge on any atom is -0.378 e. The molecular weight excluding hydrogens is 336 g/mol. The van der Waals surface area contributed by atoms with Crippen molar-refractivity contribution in [3.63, 3.8) is 0 Å². The second-order valence-electron chi connectivity index (χ2n) is 4.88. The predicted molar refractivity (Wildman–Crippen MR) is 93.0 cm³/mol. The van der Waals surface area contributed by atoms with E-state index in [-0.39, 0.29) is 5.75 Å². The third-order valence-corrected chi connectivity index (χ3v) is 4.78. The maximum atomic E-state index is 11.9. The molecule has 0 aliphatic heterocycles. The van der Waals surface area contributed by atoms with Gasteiger partial charge in [0.05, 0.1) is 5.75 Å². The van der Waals surface area contributed by atoms with Crippen LogP contribution < -0.4 is 4.90 Å². The van der Waals surface area contributed by atoms with Gasteiger partial charge in [-0.2, -0.15) is 8.74 Å². The van der Waals surface area contributed by atoms with Crippen molar-refractivity contribution in [2.45, 2.75) is 13.8 Å². The van der Waals surface area contributed by atoms with E-state index in [9.17, 15) is 8.76 Å². The smallest absolute Gasteiger partial charge is 0.249 e. The number of anilines is 1. The lowest BCUT2D eigenvalue weighted by Gasteiger charge is -2.13. The van der Waals surface area contributed by atoms with Gasteiger partial charge < -0.3 is 9.45 Å². The fourth-order valence-electron chi connectivity index (χ4n) is 1.59. The summed E-state index contributed by atoms with van der Waals surface area (Å²) < 4.78 is 29.7. The zero-order valence-corrected chi connectivity index (χ0v) is 14.9. The summed E-state index contributed by atoms with van der Waals surface area (Å²) in [4.78, 5) is 5.97. The summed E-state index contributed by atoms with van der Waals surface area (Å²) in [6, 6.07) is 5.24. The predicted octanol–water partition coefficient (Wildman–Crippen LogP) is 3.92. The fourth-order valence-corrected chi connectivity index (χ4v) is 2.68. The van der Waals surface area contributed by atoms with Crippen molar-refractivity contribution in [1.82, 2.24) is 9.36 Å². The number of nitrogens with zero attached hydrogens (tertiary/aromatic N) is 6. The molecule has 0 aliphatic rings. The second-order valence-corrected chi connectivity index (χ2v) is 7.58. The molecule has 0 amide bonds. The maximum Gasteiger partial charge on any atom is 0.249 e. The molecule has 1 N–H and O–H groups in total. The molecule has 124 valence electrons. The van der Waals surface area contributed by atoms with Gasteiger partial charge >= 0.3 is 0 Å². The van der Waals surface area contributed by atoms with Crippen molar-refractivity contribution in [2.75, 3.05) is 24.7 Å². The highest BCUT2D eigenvalue weighted by Gasteiger charge is 2.09. The van der Waals surface area contributed by atoms with Gasteiger partial charge in [-0.25, -0.2) is 9.19 Å². The van der Waals surface area contributed by atoms with Crippen LogP contribution in [0.4, 0.5) is 22.2 Å². The normalized spacial score (nSPS) is 14.0. The van der Waals surface area contributed by atoms with E-state index in [0.717, 1.165) is 17.2 Å². The first-order chi connectivity index (χ1) is 10.8. The van der Waals surface area contributed by atoms with Gasteiger partial charge in [-0.1, -0.05) is 6.92 Å². The summed E-state index contributed by atoms with van der Waals surface area (Å²) >= 11 is 1.13. The van der Waals surface area contributed by atoms with Crippen molar-refractivity contribution in [3.8, 4) is 0 Å². The molecule has 1 aromatic heterocycles. The Morgan fingerprint density at radius 1 is 1.30 bits per heavy atom. The van der Waals surface area contributed by atoms with Crippen LogP contribution >= 0.6 is 11.5 Å². The molecule has 1 heterocycles. The first kappa shape index (κ1) is 17.4. The van der Waals surface area contributed by atoms with Crippen molar-refractivity contribution >= 4 is 43.7 Å². The van der Waals surface area contributed by atoms with Crippen LogP contribution in [0.25, 0.3) is 0 Å². The van der Waals surface area contributed by atoms with Crippen molar-refractivity contribution in [3.05, 3.63) is 24.0 Å². The number of aromatic nitrogens is 2. The van der Waals surface area contributed by atoms with E-state index < -0.39 is 10.0 Å². The Kier molecular flexibility index (Phi) is 5.39. The highest BCUT2D eigenvalue weighted by atomic mass is 32.2. The van der Waals surface area contributed by atoms with Crippen LogP contribution in [-0.2, 0) is 10.0 Å². The first-order valence-electron chi connectivity index (χ1n) is 6.81. The molecule has 0 fully saturated rings. The quantitative estimate of drug-likeness (QED) is 0.820. The van der Waals surface area contributed by atoms with Gasteiger partial charge in [0.25, 0.3) is 0 Å². The molecule has 8 nitrogen and oxygen atoms in total. The number of aryl methyl sites for hydroxylation is 1. The molecule has 23 heavy (non-hydrogen) atoms. The Balaban J connectivity index is 2.48. The summed E-state index contributed by atoms with van der Waals surface area (Å²) in [6.07, 6.45) is 0. The summed E-state index contributed by atoms with van der Waals surface area (Å²) in [5, 5.41) is 8.52. The van der Waals surface area contributed by atoms with Gasteiger partial charge in [-0.05, 0) is 25.1 Å². The van der Waals surface area contributed by atoms with Crippen LogP contribution in [0.1, 0.15) is 12.7 Å². The molecule has 0 radical (unpaired) electrons. The third kappa shape index (κ3) is 4.78.